The summed E-state index contributed by atoms with van der Waals surface area (Å²) in [5, 5.41) is 2.76. The number of hydrogen-bond donors (Lipinski definition) is 2. The van der Waals surface area contributed by atoms with Gasteiger partial charge >= 0.3 is 0 Å². The molecule has 0 aliphatic carbocycles. The van der Waals surface area contributed by atoms with Crippen LogP contribution in [0.5, 0.6) is 5.75 Å². The van der Waals surface area contributed by atoms with E-state index in [0.29, 0.717) is 12.3 Å². The number of halogens is 1. The van der Waals surface area contributed by atoms with Gasteiger partial charge in [0.2, 0.25) is 0 Å². The zero-order chi connectivity index (χ0) is 12.8. The third kappa shape index (κ3) is 4.75. The third-order valence-electron chi connectivity index (χ3n) is 2.24. The number of benzene rings is 1. The molecule has 0 aromatic heterocycles. The molecule has 1 aromatic rings. The minimum Gasteiger partial charge on any atom is -0.481 e. The summed E-state index contributed by atoms with van der Waals surface area (Å²) in [5.74, 6) is 0.502. The Balaban J connectivity index is 2.51. The summed E-state index contributed by atoms with van der Waals surface area (Å²) >= 11 is 3.33. The Labute approximate surface area is 110 Å². The van der Waals surface area contributed by atoms with Crippen molar-refractivity contribution in [3.63, 3.8) is 0 Å². The average molecular weight is 301 g/mol. The van der Waals surface area contributed by atoms with Gasteiger partial charge in [-0.15, -0.1) is 0 Å². The van der Waals surface area contributed by atoms with Crippen molar-refractivity contribution in [3.8, 4) is 5.75 Å². The van der Waals surface area contributed by atoms with Gasteiger partial charge in [0, 0.05) is 17.1 Å². The second-order valence-corrected chi connectivity index (χ2v) is 4.78. The van der Waals surface area contributed by atoms with Gasteiger partial charge in [-0.25, -0.2) is 0 Å². The molecule has 1 aromatic carbocycles. The van der Waals surface area contributed by atoms with Gasteiger partial charge in [0.1, 0.15) is 5.75 Å². The summed E-state index contributed by atoms with van der Waals surface area (Å²) in [6.45, 7) is 3.97. The van der Waals surface area contributed by atoms with Crippen LogP contribution in [-0.4, -0.2) is 24.6 Å². The molecule has 1 amide bonds. The van der Waals surface area contributed by atoms with Crippen LogP contribution in [0.2, 0.25) is 0 Å². The molecule has 0 saturated carbocycles. The van der Waals surface area contributed by atoms with E-state index in [1.165, 1.54) is 0 Å². The Morgan fingerprint density at radius 1 is 1.41 bits per heavy atom. The Kier molecular flexibility index (Phi) is 5.44. The maximum absolute atomic E-state index is 11.7. The van der Waals surface area contributed by atoms with Gasteiger partial charge in [0.05, 0.1) is 0 Å². The van der Waals surface area contributed by atoms with Gasteiger partial charge in [-0.1, -0.05) is 15.9 Å². The highest BCUT2D eigenvalue weighted by molar-refractivity contribution is 9.10. The van der Waals surface area contributed by atoms with Crippen molar-refractivity contribution in [1.82, 2.24) is 5.32 Å². The number of rotatable bonds is 5. The summed E-state index contributed by atoms with van der Waals surface area (Å²) in [6, 6.07) is 7.30. The largest absolute Gasteiger partial charge is 0.481 e. The van der Waals surface area contributed by atoms with Crippen LogP contribution in [-0.2, 0) is 4.79 Å². The first-order chi connectivity index (χ1) is 8.02. The molecule has 2 atom stereocenters. The summed E-state index contributed by atoms with van der Waals surface area (Å²) < 4.78 is 6.47. The second-order valence-electron chi connectivity index (χ2n) is 3.86. The minimum atomic E-state index is -0.537. The first kappa shape index (κ1) is 14.0. The highest BCUT2D eigenvalue weighted by atomic mass is 79.9. The van der Waals surface area contributed by atoms with Crippen molar-refractivity contribution >= 4 is 21.8 Å². The average Bonchev–Trinajstić information content (AvgIpc) is 2.31. The summed E-state index contributed by atoms with van der Waals surface area (Å²) in [7, 11) is 0. The van der Waals surface area contributed by atoms with E-state index in [0.717, 1.165) is 4.47 Å². The Morgan fingerprint density at radius 3 is 2.53 bits per heavy atom. The van der Waals surface area contributed by atoms with E-state index in [2.05, 4.69) is 21.2 Å². The molecule has 0 heterocycles. The Morgan fingerprint density at radius 2 is 2.00 bits per heavy atom. The molecule has 0 aliphatic rings. The maximum Gasteiger partial charge on any atom is 0.261 e. The van der Waals surface area contributed by atoms with Gasteiger partial charge in [-0.2, -0.15) is 0 Å². The van der Waals surface area contributed by atoms with Gasteiger partial charge in [-0.3, -0.25) is 4.79 Å². The van der Waals surface area contributed by atoms with Crippen molar-refractivity contribution in [2.75, 3.05) is 6.54 Å². The number of amides is 1. The first-order valence-electron chi connectivity index (χ1n) is 5.45. The third-order valence-corrected chi connectivity index (χ3v) is 2.77. The Hall–Kier alpha value is -1.07. The van der Waals surface area contributed by atoms with Crippen LogP contribution >= 0.6 is 15.9 Å². The van der Waals surface area contributed by atoms with E-state index in [1.807, 2.05) is 19.1 Å². The van der Waals surface area contributed by atoms with Crippen molar-refractivity contribution in [1.29, 1.82) is 0 Å². The van der Waals surface area contributed by atoms with Crippen molar-refractivity contribution < 1.29 is 9.53 Å². The van der Waals surface area contributed by atoms with E-state index in [1.54, 1.807) is 19.1 Å². The number of carbonyl (C=O) groups excluding carboxylic acids is 1. The lowest BCUT2D eigenvalue weighted by Gasteiger charge is -2.17. The molecule has 0 radical (unpaired) electrons. The van der Waals surface area contributed by atoms with E-state index in [9.17, 15) is 4.79 Å². The molecule has 0 spiro atoms. The van der Waals surface area contributed by atoms with Crippen LogP contribution in [0.15, 0.2) is 28.7 Å². The van der Waals surface area contributed by atoms with Gasteiger partial charge in [-0.05, 0) is 38.1 Å². The number of hydrogen-bond acceptors (Lipinski definition) is 3. The van der Waals surface area contributed by atoms with E-state index in [-0.39, 0.29) is 11.9 Å². The van der Waals surface area contributed by atoms with Crippen molar-refractivity contribution in [3.05, 3.63) is 28.7 Å². The number of ether oxygens (including phenoxy) is 1. The number of carbonyl (C=O) groups is 1. The van der Waals surface area contributed by atoms with E-state index in [4.69, 9.17) is 10.5 Å². The second kappa shape index (κ2) is 6.61. The summed E-state index contributed by atoms with van der Waals surface area (Å²) in [5.41, 5.74) is 5.43. The lowest BCUT2D eigenvalue weighted by atomic mass is 10.3. The van der Waals surface area contributed by atoms with Gasteiger partial charge in [0.25, 0.3) is 5.91 Å². The molecule has 0 aliphatic heterocycles. The minimum absolute atomic E-state index is 0.0431. The fourth-order valence-corrected chi connectivity index (χ4v) is 1.45. The molecule has 4 nitrogen and oxygen atoms in total. The maximum atomic E-state index is 11.7. The van der Waals surface area contributed by atoms with E-state index >= 15 is 0 Å². The monoisotopic (exact) mass is 300 g/mol. The molecule has 5 heteroatoms. The van der Waals surface area contributed by atoms with Crippen LogP contribution in [0, 0.1) is 0 Å². The lowest BCUT2D eigenvalue weighted by molar-refractivity contribution is -0.127. The lowest BCUT2D eigenvalue weighted by Crippen LogP contribution is -2.44. The predicted molar refractivity (Wildman–Crippen MR) is 70.9 cm³/mol. The summed E-state index contributed by atoms with van der Waals surface area (Å²) in [4.78, 5) is 11.7. The molecule has 94 valence electrons. The quantitative estimate of drug-likeness (QED) is 0.869. The predicted octanol–water partition coefficient (Wildman–Crippen LogP) is 1.68. The zero-order valence-corrected chi connectivity index (χ0v) is 11.5. The van der Waals surface area contributed by atoms with Crippen LogP contribution in [0.4, 0.5) is 0 Å². The van der Waals surface area contributed by atoms with Crippen molar-refractivity contribution in [2.45, 2.75) is 26.0 Å². The topological polar surface area (TPSA) is 64.3 Å². The van der Waals surface area contributed by atoms with Crippen LogP contribution < -0.4 is 15.8 Å². The summed E-state index contributed by atoms with van der Waals surface area (Å²) in [6.07, 6.45) is -0.537. The SMILES string of the molecule is CC(Oc1ccc(Br)cc1)C(=O)N[C@@H](C)CN. The van der Waals surface area contributed by atoms with Gasteiger partial charge < -0.3 is 15.8 Å². The standard InChI is InChI=1S/C12H17BrN2O2/c1-8(7-14)15-12(16)9(2)17-11-5-3-10(13)4-6-11/h3-6,8-9H,7,14H2,1-2H3,(H,15,16)/t8-,9?/m0/s1. The fourth-order valence-electron chi connectivity index (χ4n) is 1.19. The number of nitrogens with one attached hydrogen (secondary N) is 1. The molecule has 0 fully saturated rings. The van der Waals surface area contributed by atoms with Crippen LogP contribution in [0.3, 0.4) is 0 Å². The van der Waals surface area contributed by atoms with Crippen LogP contribution in [0.25, 0.3) is 0 Å². The molecule has 1 unspecified atom stereocenters. The van der Waals surface area contributed by atoms with Crippen molar-refractivity contribution in [2.24, 2.45) is 5.73 Å². The fraction of sp³-hybridized carbons (Fsp3) is 0.417. The first-order valence-corrected chi connectivity index (χ1v) is 6.25. The molecule has 1 rings (SSSR count). The molecular weight excluding hydrogens is 284 g/mol. The molecular formula is C12H17BrN2O2. The normalized spacial score (nSPS) is 13.9. The highest BCUT2D eigenvalue weighted by Gasteiger charge is 2.15. The van der Waals surface area contributed by atoms with Gasteiger partial charge in [0.15, 0.2) is 6.10 Å². The zero-order valence-electron chi connectivity index (χ0n) is 9.94. The van der Waals surface area contributed by atoms with E-state index < -0.39 is 6.10 Å². The van der Waals surface area contributed by atoms with Crippen LogP contribution in [0.1, 0.15) is 13.8 Å². The molecule has 0 saturated heterocycles. The Bertz CT molecular complexity index is 367. The molecule has 3 N–H and O–H groups in total. The molecule has 0 bridgehead atoms. The molecule has 17 heavy (non-hydrogen) atoms. The smallest absolute Gasteiger partial charge is 0.261 e. The highest BCUT2D eigenvalue weighted by Crippen LogP contribution is 2.17. The number of nitrogens with two attached hydrogens (primary N) is 1.